The van der Waals surface area contributed by atoms with Crippen LogP contribution in [0.1, 0.15) is 42.1 Å². The van der Waals surface area contributed by atoms with E-state index in [9.17, 15) is 19.5 Å². The molecule has 0 bridgehead atoms. The van der Waals surface area contributed by atoms with E-state index in [0.29, 0.717) is 25.0 Å². The van der Waals surface area contributed by atoms with Crippen LogP contribution in [-0.2, 0) is 33.8 Å². The van der Waals surface area contributed by atoms with E-state index in [1.54, 1.807) is 0 Å². The van der Waals surface area contributed by atoms with Crippen LogP contribution in [0.25, 0.3) is 0 Å². The number of nitrogens with zero attached hydrogens (tertiary/aromatic N) is 1. The van der Waals surface area contributed by atoms with Crippen LogP contribution in [0.15, 0.2) is 41.2 Å². The van der Waals surface area contributed by atoms with Gasteiger partial charge in [-0.25, -0.2) is 4.79 Å². The van der Waals surface area contributed by atoms with E-state index in [4.69, 9.17) is 9.84 Å². The number of carbonyl (C=O) groups is 2. The van der Waals surface area contributed by atoms with Gasteiger partial charge in [-0.05, 0) is 37.3 Å². The van der Waals surface area contributed by atoms with Gasteiger partial charge in [0.1, 0.15) is 18.4 Å². The molecule has 0 radical (unpaired) electrons. The van der Waals surface area contributed by atoms with Crippen LogP contribution in [0.2, 0.25) is 0 Å². The van der Waals surface area contributed by atoms with E-state index in [1.165, 1.54) is 10.6 Å². The van der Waals surface area contributed by atoms with E-state index in [0.717, 1.165) is 5.56 Å². The number of hydrogen-bond acceptors (Lipinski definition) is 5. The highest BCUT2D eigenvalue weighted by atomic mass is 16.5. The molecule has 0 fully saturated rings. The molecular formula is C20H21NO6. The Labute approximate surface area is 155 Å². The summed E-state index contributed by atoms with van der Waals surface area (Å²) in [7, 11) is 0. The number of rotatable bonds is 6. The van der Waals surface area contributed by atoms with Crippen LogP contribution in [0.4, 0.5) is 0 Å². The van der Waals surface area contributed by atoms with Crippen molar-refractivity contribution >= 4 is 11.9 Å². The van der Waals surface area contributed by atoms with Crippen molar-refractivity contribution in [1.29, 1.82) is 0 Å². The Morgan fingerprint density at radius 2 is 1.96 bits per heavy atom. The van der Waals surface area contributed by atoms with Crippen molar-refractivity contribution in [2.45, 2.75) is 44.8 Å². The third-order valence-corrected chi connectivity index (χ3v) is 4.70. The SMILES string of the molecule is O=C(O)CCc1cc(O)c2n(c1=O)[C@H](C(=O)OCc1ccccc1)CCC2. The van der Waals surface area contributed by atoms with Gasteiger partial charge in [-0.3, -0.25) is 14.2 Å². The van der Waals surface area contributed by atoms with Gasteiger partial charge in [-0.1, -0.05) is 30.3 Å². The molecule has 1 atom stereocenters. The summed E-state index contributed by atoms with van der Waals surface area (Å²) in [6, 6.07) is 9.72. The molecule has 142 valence electrons. The predicted octanol–water partition coefficient (Wildman–Crippen LogP) is 2.19. The summed E-state index contributed by atoms with van der Waals surface area (Å²) in [5, 5.41) is 19.1. The minimum Gasteiger partial charge on any atom is -0.506 e. The second-order valence-corrected chi connectivity index (χ2v) is 6.57. The molecule has 0 saturated heterocycles. The number of aliphatic carboxylic acids is 1. The maximum absolute atomic E-state index is 12.8. The van der Waals surface area contributed by atoms with E-state index in [1.807, 2.05) is 30.3 Å². The Morgan fingerprint density at radius 1 is 1.22 bits per heavy atom. The predicted molar refractivity (Wildman–Crippen MR) is 96.5 cm³/mol. The summed E-state index contributed by atoms with van der Waals surface area (Å²) in [5.41, 5.74) is 0.978. The Bertz CT molecular complexity index is 903. The van der Waals surface area contributed by atoms with Crippen molar-refractivity contribution in [3.63, 3.8) is 0 Å². The molecule has 1 aromatic heterocycles. The lowest BCUT2D eigenvalue weighted by Gasteiger charge is -2.27. The average molecular weight is 371 g/mol. The molecule has 1 aliphatic rings. The molecule has 0 amide bonds. The summed E-state index contributed by atoms with van der Waals surface area (Å²) in [4.78, 5) is 36.2. The number of esters is 1. The third kappa shape index (κ3) is 4.19. The topological polar surface area (TPSA) is 106 Å². The molecule has 7 heteroatoms. The molecule has 3 rings (SSSR count). The monoisotopic (exact) mass is 371 g/mol. The minimum absolute atomic E-state index is 0.00616. The molecule has 0 unspecified atom stereocenters. The normalized spacial score (nSPS) is 15.8. The van der Waals surface area contributed by atoms with Gasteiger partial charge in [-0.2, -0.15) is 0 Å². The molecular weight excluding hydrogens is 350 g/mol. The zero-order valence-corrected chi connectivity index (χ0v) is 14.8. The van der Waals surface area contributed by atoms with Crippen LogP contribution in [-0.4, -0.2) is 26.7 Å². The van der Waals surface area contributed by atoms with Gasteiger partial charge >= 0.3 is 11.9 Å². The Morgan fingerprint density at radius 3 is 2.67 bits per heavy atom. The molecule has 1 aliphatic heterocycles. The quantitative estimate of drug-likeness (QED) is 0.754. The Kier molecular flexibility index (Phi) is 5.59. The lowest BCUT2D eigenvalue weighted by Crippen LogP contribution is -2.37. The fourth-order valence-electron chi connectivity index (χ4n) is 3.35. The Balaban J connectivity index is 1.86. The number of aromatic hydroxyl groups is 1. The first-order valence-corrected chi connectivity index (χ1v) is 8.86. The number of pyridine rings is 1. The standard InChI is InChI=1S/C20H21NO6/c22-17-11-14(9-10-18(23)24)19(25)21-15(17)7-4-8-16(21)20(26)27-12-13-5-2-1-3-6-13/h1-3,5-6,11,16,22H,4,7-10,12H2,(H,23,24)/t16-/m0/s1. The molecule has 2 heterocycles. The van der Waals surface area contributed by atoms with Crippen molar-refractivity contribution in [2.24, 2.45) is 0 Å². The fourth-order valence-corrected chi connectivity index (χ4v) is 3.35. The maximum atomic E-state index is 12.8. The summed E-state index contributed by atoms with van der Waals surface area (Å²) in [5.74, 6) is -1.65. The molecule has 7 nitrogen and oxygen atoms in total. The largest absolute Gasteiger partial charge is 0.506 e. The van der Waals surface area contributed by atoms with Gasteiger partial charge < -0.3 is 14.9 Å². The number of aromatic nitrogens is 1. The second kappa shape index (κ2) is 8.07. The number of aryl methyl sites for hydroxylation is 1. The van der Waals surface area contributed by atoms with Crippen LogP contribution >= 0.6 is 0 Å². The van der Waals surface area contributed by atoms with E-state index < -0.39 is 23.5 Å². The van der Waals surface area contributed by atoms with Gasteiger partial charge in [0.15, 0.2) is 0 Å². The molecule has 0 aliphatic carbocycles. The number of ether oxygens (including phenoxy) is 1. The number of carboxylic acid groups (broad SMARTS) is 1. The summed E-state index contributed by atoms with van der Waals surface area (Å²) in [6.07, 6.45) is 1.32. The van der Waals surface area contributed by atoms with Crippen LogP contribution in [0, 0.1) is 0 Å². The third-order valence-electron chi connectivity index (χ3n) is 4.70. The highest BCUT2D eigenvalue weighted by molar-refractivity contribution is 5.75. The number of benzene rings is 1. The number of carbonyl (C=O) groups excluding carboxylic acids is 1. The first-order chi connectivity index (χ1) is 13.0. The number of carboxylic acids is 1. The molecule has 0 saturated carbocycles. The second-order valence-electron chi connectivity index (χ2n) is 6.57. The highest BCUT2D eigenvalue weighted by Crippen LogP contribution is 2.30. The minimum atomic E-state index is -1.03. The van der Waals surface area contributed by atoms with Gasteiger partial charge in [0.25, 0.3) is 5.56 Å². The lowest BCUT2D eigenvalue weighted by atomic mass is 9.98. The first-order valence-electron chi connectivity index (χ1n) is 8.86. The summed E-state index contributed by atoms with van der Waals surface area (Å²) < 4.78 is 6.66. The summed E-state index contributed by atoms with van der Waals surface area (Å²) >= 11 is 0. The summed E-state index contributed by atoms with van der Waals surface area (Å²) in [6.45, 7) is 0.102. The lowest BCUT2D eigenvalue weighted by molar-refractivity contribution is -0.149. The van der Waals surface area contributed by atoms with Gasteiger partial charge in [-0.15, -0.1) is 0 Å². The van der Waals surface area contributed by atoms with E-state index in [-0.39, 0.29) is 30.8 Å². The smallest absolute Gasteiger partial charge is 0.329 e. The van der Waals surface area contributed by atoms with Crippen molar-refractivity contribution in [2.75, 3.05) is 0 Å². The zero-order chi connectivity index (χ0) is 19.4. The van der Waals surface area contributed by atoms with Crippen molar-refractivity contribution in [3.05, 3.63) is 63.6 Å². The fraction of sp³-hybridized carbons (Fsp3) is 0.350. The molecule has 2 aromatic rings. The maximum Gasteiger partial charge on any atom is 0.329 e. The van der Waals surface area contributed by atoms with Crippen LogP contribution < -0.4 is 5.56 Å². The first kappa shape index (κ1) is 18.7. The van der Waals surface area contributed by atoms with Crippen molar-refractivity contribution in [3.8, 4) is 5.75 Å². The Hall–Kier alpha value is -3.09. The molecule has 0 spiro atoms. The molecule has 27 heavy (non-hydrogen) atoms. The van der Waals surface area contributed by atoms with Crippen LogP contribution in [0.5, 0.6) is 5.75 Å². The molecule has 1 aromatic carbocycles. The average Bonchev–Trinajstić information content (AvgIpc) is 2.68. The van der Waals surface area contributed by atoms with Crippen LogP contribution in [0.3, 0.4) is 0 Å². The highest BCUT2D eigenvalue weighted by Gasteiger charge is 2.31. The van der Waals surface area contributed by atoms with Crippen molar-refractivity contribution < 1.29 is 24.5 Å². The van der Waals surface area contributed by atoms with E-state index in [2.05, 4.69) is 0 Å². The van der Waals surface area contributed by atoms with Gasteiger partial charge in [0.05, 0.1) is 5.69 Å². The van der Waals surface area contributed by atoms with Gasteiger partial charge in [0, 0.05) is 12.0 Å². The zero-order valence-electron chi connectivity index (χ0n) is 14.8. The molecule has 2 N–H and O–H groups in total. The van der Waals surface area contributed by atoms with Gasteiger partial charge in [0.2, 0.25) is 0 Å². The van der Waals surface area contributed by atoms with Crippen molar-refractivity contribution in [1.82, 2.24) is 4.57 Å². The number of hydrogen-bond donors (Lipinski definition) is 2. The number of fused-ring (bicyclic) bond motifs is 1. The van der Waals surface area contributed by atoms with E-state index >= 15 is 0 Å².